The van der Waals surface area contributed by atoms with Gasteiger partial charge in [0.2, 0.25) is 15.9 Å². The summed E-state index contributed by atoms with van der Waals surface area (Å²) in [4.78, 5) is 27.2. The normalized spacial score (nSPS) is 12.7. The number of carbonyl (C=O) groups excluding carboxylic acids is 1. The van der Waals surface area contributed by atoms with E-state index >= 15 is 0 Å². The molecule has 0 aromatic carbocycles. The van der Waals surface area contributed by atoms with Crippen molar-refractivity contribution in [2.24, 2.45) is 27.4 Å². The van der Waals surface area contributed by atoms with E-state index in [1.165, 1.54) is 11.1 Å². The van der Waals surface area contributed by atoms with Crippen LogP contribution in [0.5, 0.6) is 5.88 Å². The maximum atomic E-state index is 11.6. The van der Waals surface area contributed by atoms with Crippen LogP contribution in [-0.4, -0.2) is 70.1 Å². The molecule has 0 aliphatic heterocycles. The molecule has 4 heterocycles. The average molecular weight is 909 g/mol. The van der Waals surface area contributed by atoms with E-state index < -0.39 is 25.5 Å². The number of sulfonamides is 1. The summed E-state index contributed by atoms with van der Waals surface area (Å²) in [6.45, 7) is 32.7. The number of amides is 1. The third kappa shape index (κ3) is 28.5. The van der Waals surface area contributed by atoms with Gasteiger partial charge in [-0.3, -0.25) is 18.7 Å². The molecule has 0 saturated carbocycles. The van der Waals surface area contributed by atoms with Gasteiger partial charge in [-0.15, -0.1) is 0 Å². The smallest absolute Gasteiger partial charge is 0.267 e. The monoisotopic (exact) mass is 909 g/mol. The van der Waals surface area contributed by atoms with Crippen LogP contribution in [0.3, 0.4) is 0 Å². The molecule has 0 saturated heterocycles. The van der Waals surface area contributed by atoms with Crippen molar-refractivity contribution in [3.05, 3.63) is 114 Å². The van der Waals surface area contributed by atoms with E-state index in [1.807, 2.05) is 43.3 Å². The zero-order chi connectivity index (χ0) is 48.5. The van der Waals surface area contributed by atoms with Gasteiger partial charge >= 0.3 is 0 Å². The highest BCUT2D eigenvalue weighted by molar-refractivity contribution is 7.99. The van der Waals surface area contributed by atoms with Gasteiger partial charge in [0.25, 0.3) is 5.91 Å². The standard InChI is InChI=1S/C15H23NO2.C12H19NOS.C11H18N2O2S.C11H16N2O/c1-6-17-12(2)11-18-14-9-13(7-8-16-14)10-15(3,4)5;1-12(2,3)8-10-6-7-11(13-9-10)15(4,5)14;1-11(2,3)7-9-5-6-10(12-8-9)13-16(4,14)15;1-11(2,3)7-8-4-5-13-9(6-8)10(12)14/h7-9H,2,6,10-11H2,1,3-5H3;6-7,9H,4,8H2,1-3,5H3;5-6,8H,7H2,1-4H3,(H,12,13);4-6H,7H2,1-3H3,(H2,12,14). The minimum absolute atomic E-state index is 0.202. The number of anilines is 1. The molecule has 0 fully saturated rings. The Hall–Kier alpha value is -4.82. The number of aromatic nitrogens is 4. The molecule has 0 radical (unpaired) electrons. The Labute approximate surface area is 380 Å². The summed E-state index contributed by atoms with van der Waals surface area (Å²) in [5.41, 5.74) is 11.0. The quantitative estimate of drug-likeness (QED) is 0.0970. The number of carbonyl (C=O) groups is 1. The molecule has 350 valence electrons. The molecule has 63 heavy (non-hydrogen) atoms. The second kappa shape index (κ2) is 24.3. The Balaban J connectivity index is 0.000000422. The van der Waals surface area contributed by atoms with Crippen LogP contribution < -0.4 is 15.2 Å². The van der Waals surface area contributed by atoms with Crippen molar-refractivity contribution < 1.29 is 26.9 Å². The van der Waals surface area contributed by atoms with Crippen molar-refractivity contribution in [1.82, 2.24) is 19.9 Å². The highest BCUT2D eigenvalue weighted by Crippen LogP contribution is 2.24. The van der Waals surface area contributed by atoms with Gasteiger partial charge in [-0.25, -0.2) is 23.4 Å². The lowest BCUT2D eigenvalue weighted by molar-refractivity contribution is 0.0995. The minimum atomic E-state index is -3.24. The molecule has 1 amide bonds. The van der Waals surface area contributed by atoms with Gasteiger partial charge in [0.15, 0.2) is 0 Å². The summed E-state index contributed by atoms with van der Waals surface area (Å²) in [7, 11) is -5.41. The molecule has 4 aromatic rings. The first-order valence-electron chi connectivity index (χ1n) is 21.0. The van der Waals surface area contributed by atoms with Gasteiger partial charge < -0.3 is 15.2 Å². The van der Waals surface area contributed by atoms with E-state index in [0.29, 0.717) is 41.4 Å². The first-order valence-corrected chi connectivity index (χ1v) is 25.0. The highest BCUT2D eigenvalue weighted by atomic mass is 32.2. The molecule has 1 atom stereocenters. The number of ether oxygens (including phenoxy) is 2. The molecule has 14 heteroatoms. The summed E-state index contributed by atoms with van der Waals surface area (Å²) in [5, 5.41) is 0.583. The highest BCUT2D eigenvalue weighted by Gasteiger charge is 2.15. The van der Waals surface area contributed by atoms with Crippen LogP contribution in [-0.2, 0) is 50.0 Å². The molecule has 0 aliphatic rings. The Morgan fingerprint density at radius 1 is 0.667 bits per heavy atom. The molecular weight excluding hydrogens is 833 g/mol. The van der Waals surface area contributed by atoms with Crippen molar-refractivity contribution in [2.75, 3.05) is 30.4 Å². The van der Waals surface area contributed by atoms with E-state index in [4.69, 9.17) is 15.2 Å². The summed E-state index contributed by atoms with van der Waals surface area (Å²) < 4.78 is 46.6. The zero-order valence-corrected chi connectivity index (χ0v) is 42.4. The van der Waals surface area contributed by atoms with Gasteiger partial charge in [-0.05, 0) is 113 Å². The number of pyridine rings is 4. The molecule has 0 spiro atoms. The van der Waals surface area contributed by atoms with E-state index in [2.05, 4.69) is 120 Å². The third-order valence-electron chi connectivity index (χ3n) is 7.90. The first-order chi connectivity index (χ1) is 28.6. The Bertz CT molecular complexity index is 2250. The van der Waals surface area contributed by atoms with Crippen LogP contribution in [0, 0.1) is 21.7 Å². The van der Waals surface area contributed by atoms with Gasteiger partial charge in [0.1, 0.15) is 28.9 Å². The van der Waals surface area contributed by atoms with E-state index in [-0.39, 0.29) is 21.7 Å². The predicted octanol–water partition coefficient (Wildman–Crippen LogP) is 9.79. The zero-order valence-electron chi connectivity index (χ0n) is 40.7. The third-order valence-corrected chi connectivity index (χ3v) is 9.60. The summed E-state index contributed by atoms with van der Waals surface area (Å²) in [5.74, 6) is 4.75. The topological polar surface area (TPSA) is 176 Å². The van der Waals surface area contributed by atoms with Crippen molar-refractivity contribution in [1.29, 1.82) is 0 Å². The molecule has 3 N–H and O–H groups in total. The Kier molecular flexibility index (Phi) is 21.7. The minimum Gasteiger partial charge on any atom is -0.495 e. The maximum Gasteiger partial charge on any atom is 0.267 e. The van der Waals surface area contributed by atoms with Gasteiger partial charge in [0.05, 0.1) is 12.9 Å². The van der Waals surface area contributed by atoms with Crippen molar-refractivity contribution >= 4 is 37.1 Å². The Morgan fingerprint density at radius 3 is 1.52 bits per heavy atom. The van der Waals surface area contributed by atoms with Crippen molar-refractivity contribution in [2.45, 2.75) is 121 Å². The lowest BCUT2D eigenvalue weighted by Gasteiger charge is -2.18. The lowest BCUT2D eigenvalue weighted by atomic mass is 9.88. The summed E-state index contributed by atoms with van der Waals surface area (Å²) in [6, 6.07) is 15.1. The van der Waals surface area contributed by atoms with Gasteiger partial charge in [0, 0.05) is 46.6 Å². The average Bonchev–Trinajstić information content (AvgIpc) is 3.09. The fourth-order valence-corrected chi connectivity index (χ4v) is 6.89. The molecule has 12 nitrogen and oxygen atoms in total. The van der Waals surface area contributed by atoms with Crippen LogP contribution in [0.25, 0.3) is 0 Å². The SMILES string of the molecule is C=C(COc1cc(CC(C)(C)C)ccn1)OCC.C=S(C)(=O)c1ccc(CC(C)(C)C)cn1.CC(C)(C)Cc1ccc(NS(C)(=O)=O)nc1.CC(C)(C)Cc1ccnc(C(N)=O)c1. The molecular formula is C49H76N6O6S2. The summed E-state index contributed by atoms with van der Waals surface area (Å²) >= 11 is 0. The van der Waals surface area contributed by atoms with Crippen LogP contribution in [0.2, 0.25) is 0 Å². The Morgan fingerprint density at radius 2 is 1.13 bits per heavy atom. The number of nitrogens with zero attached hydrogens (tertiary/aromatic N) is 4. The molecule has 0 aliphatic carbocycles. The molecule has 0 bridgehead atoms. The van der Waals surface area contributed by atoms with Gasteiger partial charge in [-0.2, -0.15) is 0 Å². The second-order valence-corrected chi connectivity index (χ2v) is 24.7. The molecule has 1 unspecified atom stereocenters. The number of nitrogens with two attached hydrogens (primary N) is 1. The number of rotatable bonds is 13. The van der Waals surface area contributed by atoms with E-state index in [9.17, 15) is 17.4 Å². The fourth-order valence-electron chi connectivity index (χ4n) is 5.76. The van der Waals surface area contributed by atoms with Crippen molar-refractivity contribution in [3.8, 4) is 5.88 Å². The first kappa shape index (κ1) is 56.2. The predicted molar refractivity (Wildman–Crippen MR) is 262 cm³/mol. The number of hydrogen-bond donors (Lipinski definition) is 2. The second-order valence-electron chi connectivity index (χ2n) is 20.6. The number of primary amides is 1. The maximum absolute atomic E-state index is 11.6. The molecule has 4 aromatic heterocycles. The van der Waals surface area contributed by atoms with Crippen molar-refractivity contribution in [3.63, 3.8) is 0 Å². The largest absolute Gasteiger partial charge is 0.495 e. The lowest BCUT2D eigenvalue weighted by Crippen LogP contribution is -2.15. The van der Waals surface area contributed by atoms with Gasteiger partial charge in [-0.1, -0.05) is 102 Å². The number of nitrogens with one attached hydrogen (secondary N) is 1. The van der Waals surface area contributed by atoms with Crippen LogP contribution in [0.1, 0.15) is 123 Å². The van der Waals surface area contributed by atoms with Crippen LogP contribution in [0.4, 0.5) is 5.82 Å². The summed E-state index contributed by atoms with van der Waals surface area (Å²) in [6.07, 6.45) is 13.4. The number of hydrogen-bond acceptors (Lipinski definition) is 10. The van der Waals surface area contributed by atoms with Crippen LogP contribution >= 0.6 is 0 Å². The molecule has 4 rings (SSSR count). The van der Waals surface area contributed by atoms with Crippen LogP contribution in [0.15, 0.2) is 90.7 Å². The fraction of sp³-hybridized carbons (Fsp3) is 0.510. The van der Waals surface area contributed by atoms with E-state index in [0.717, 1.165) is 43.1 Å². The van der Waals surface area contributed by atoms with E-state index in [1.54, 1.807) is 43.2 Å².